The number of rotatable bonds is 5. The van der Waals surface area contributed by atoms with Gasteiger partial charge in [-0.05, 0) is 48.5 Å². The molecule has 0 fully saturated rings. The van der Waals surface area contributed by atoms with Gasteiger partial charge in [-0.25, -0.2) is 0 Å². The number of ether oxygens (including phenoxy) is 1. The van der Waals surface area contributed by atoms with Crippen molar-refractivity contribution in [2.45, 2.75) is 0 Å². The first kappa shape index (κ1) is 20.7. The van der Waals surface area contributed by atoms with Crippen molar-refractivity contribution in [3.63, 3.8) is 0 Å². The number of hydrazone groups is 1. The minimum absolute atomic E-state index is 0.113. The van der Waals surface area contributed by atoms with Crippen LogP contribution >= 0.6 is 23.4 Å². The molecule has 0 spiro atoms. The summed E-state index contributed by atoms with van der Waals surface area (Å²) >= 11 is 7.06. The van der Waals surface area contributed by atoms with E-state index in [2.05, 4.69) is 15.4 Å². The maximum atomic E-state index is 12.2. The highest BCUT2D eigenvalue weighted by atomic mass is 35.5. The number of hydrogen-bond acceptors (Lipinski definition) is 7. The van der Waals surface area contributed by atoms with E-state index in [1.54, 1.807) is 60.6 Å². The molecule has 8 nitrogen and oxygen atoms in total. The third kappa shape index (κ3) is 6.23. The molecule has 3 N–H and O–H groups in total. The van der Waals surface area contributed by atoms with Crippen LogP contribution in [0.1, 0.15) is 10.4 Å². The smallest absolute Gasteiger partial charge is 0.248 e. The fourth-order valence-corrected chi connectivity index (χ4v) is 3.16. The molecular formula is C19H18ClN5O3S. The van der Waals surface area contributed by atoms with Gasteiger partial charge in [-0.1, -0.05) is 23.4 Å². The zero-order valence-electron chi connectivity index (χ0n) is 15.5. The van der Waals surface area contributed by atoms with Crippen LogP contribution in [0.4, 0.5) is 5.69 Å². The van der Waals surface area contributed by atoms with E-state index in [1.807, 2.05) is 0 Å². The molecule has 0 atom stereocenters. The Kier molecular flexibility index (Phi) is 6.73. The third-order valence-electron chi connectivity index (χ3n) is 3.68. The zero-order valence-corrected chi connectivity index (χ0v) is 17.0. The molecule has 0 aromatic heterocycles. The van der Waals surface area contributed by atoms with Crippen molar-refractivity contribution in [3.05, 3.63) is 59.1 Å². The van der Waals surface area contributed by atoms with Crippen molar-refractivity contribution in [2.24, 2.45) is 15.8 Å². The number of hydrogen-bond donors (Lipinski definition) is 2. The Morgan fingerprint density at radius 1 is 1.21 bits per heavy atom. The lowest BCUT2D eigenvalue weighted by Crippen LogP contribution is -2.31. The fraction of sp³-hybridized carbons (Fsp3) is 0.158. The van der Waals surface area contributed by atoms with Gasteiger partial charge in [0.15, 0.2) is 0 Å². The molecule has 0 saturated heterocycles. The molecule has 1 heterocycles. The van der Waals surface area contributed by atoms with Gasteiger partial charge in [-0.2, -0.15) is 4.99 Å². The fourth-order valence-electron chi connectivity index (χ4n) is 2.34. The molecule has 0 radical (unpaired) electrons. The topological polar surface area (TPSA) is 109 Å². The first-order chi connectivity index (χ1) is 13.9. The Labute approximate surface area is 176 Å². The summed E-state index contributed by atoms with van der Waals surface area (Å²) in [5.74, 6) is 0.447. The normalized spacial score (nSPS) is 13.4. The van der Waals surface area contributed by atoms with Crippen LogP contribution in [0.5, 0.6) is 5.75 Å². The molecule has 0 saturated carbocycles. The van der Waals surface area contributed by atoms with Crippen LogP contribution in [0.3, 0.4) is 0 Å². The summed E-state index contributed by atoms with van der Waals surface area (Å²) in [4.78, 5) is 27.6. The average molecular weight is 432 g/mol. The number of anilines is 1. The average Bonchev–Trinajstić information content (AvgIpc) is 2.68. The van der Waals surface area contributed by atoms with Crippen molar-refractivity contribution in [1.29, 1.82) is 0 Å². The zero-order chi connectivity index (χ0) is 20.8. The van der Waals surface area contributed by atoms with Crippen molar-refractivity contribution in [1.82, 2.24) is 5.01 Å². The van der Waals surface area contributed by atoms with Gasteiger partial charge < -0.3 is 15.8 Å². The van der Waals surface area contributed by atoms with Gasteiger partial charge in [0.25, 0.3) is 0 Å². The summed E-state index contributed by atoms with van der Waals surface area (Å²) in [5.41, 5.74) is 6.14. The van der Waals surface area contributed by atoms with E-state index in [-0.39, 0.29) is 11.7 Å². The first-order valence-corrected chi connectivity index (χ1v) is 9.88. The number of amides is 2. The Bertz CT molecular complexity index is 961. The Morgan fingerprint density at radius 2 is 1.90 bits per heavy atom. The number of aliphatic imine (C=N–C) groups is 1. The largest absolute Gasteiger partial charge is 0.441 e. The second kappa shape index (κ2) is 9.44. The highest BCUT2D eigenvalue weighted by Gasteiger charge is 2.16. The predicted octanol–water partition coefficient (Wildman–Crippen LogP) is 2.80. The lowest BCUT2D eigenvalue weighted by Gasteiger charge is -2.20. The van der Waals surface area contributed by atoms with E-state index < -0.39 is 5.91 Å². The molecule has 1 aliphatic rings. The van der Waals surface area contributed by atoms with Gasteiger partial charge >= 0.3 is 0 Å². The Balaban J connectivity index is 1.55. The summed E-state index contributed by atoms with van der Waals surface area (Å²) < 4.78 is 5.76. The molecular weight excluding hydrogens is 414 g/mol. The maximum Gasteiger partial charge on any atom is 0.248 e. The van der Waals surface area contributed by atoms with Crippen molar-refractivity contribution in [3.8, 4) is 5.75 Å². The number of likely N-dealkylation sites (N-methyl/N-ethyl adjacent to an activating group) is 1. The quantitative estimate of drug-likeness (QED) is 0.756. The molecule has 0 aliphatic carbocycles. The maximum absolute atomic E-state index is 12.2. The van der Waals surface area contributed by atoms with Crippen LogP contribution in [0, 0.1) is 0 Å². The highest BCUT2D eigenvalue weighted by molar-refractivity contribution is 8.14. The van der Waals surface area contributed by atoms with Crippen LogP contribution in [0.25, 0.3) is 0 Å². The molecule has 3 rings (SSSR count). The molecule has 1 aliphatic heterocycles. The Morgan fingerprint density at radius 3 is 2.55 bits per heavy atom. The van der Waals surface area contributed by atoms with E-state index in [1.165, 1.54) is 11.8 Å². The number of nitrogens with one attached hydrogen (secondary N) is 1. The monoisotopic (exact) mass is 431 g/mol. The predicted molar refractivity (Wildman–Crippen MR) is 116 cm³/mol. The van der Waals surface area contributed by atoms with Crippen LogP contribution in [-0.4, -0.2) is 47.2 Å². The van der Waals surface area contributed by atoms with E-state index in [4.69, 9.17) is 22.1 Å². The lowest BCUT2D eigenvalue weighted by atomic mass is 10.2. The summed E-state index contributed by atoms with van der Waals surface area (Å²) in [6, 6.07) is 13.3. The Hall–Kier alpha value is -3.04. The summed E-state index contributed by atoms with van der Waals surface area (Å²) in [7, 11) is 1.79. The first-order valence-electron chi connectivity index (χ1n) is 8.52. The van der Waals surface area contributed by atoms with Gasteiger partial charge in [0, 0.05) is 23.3 Å². The number of nitrogens with zero attached hydrogens (tertiary/aromatic N) is 3. The van der Waals surface area contributed by atoms with Crippen LogP contribution in [0.2, 0.25) is 5.02 Å². The van der Waals surface area contributed by atoms with Crippen molar-refractivity contribution >= 4 is 51.9 Å². The van der Waals surface area contributed by atoms with E-state index >= 15 is 0 Å². The molecule has 2 aromatic carbocycles. The lowest BCUT2D eigenvalue weighted by molar-refractivity contribution is -0.113. The van der Waals surface area contributed by atoms with Gasteiger partial charge in [0.1, 0.15) is 12.3 Å². The number of primary amides is 1. The number of carbonyl (C=O) groups excluding carboxylic acids is 2. The number of thioether (sulfide) groups is 1. The number of amidine groups is 1. The number of carbonyl (C=O) groups is 2. The molecule has 2 aromatic rings. The van der Waals surface area contributed by atoms with Crippen molar-refractivity contribution < 1.29 is 14.3 Å². The SMILES string of the molecule is CN1CC(Oc2ccc(Cl)cc2)=NC(SCC(=O)Nc2ccc(C(N)=O)cc2)=N1. The van der Waals surface area contributed by atoms with Crippen LogP contribution < -0.4 is 15.8 Å². The van der Waals surface area contributed by atoms with Crippen molar-refractivity contribution in [2.75, 3.05) is 24.7 Å². The number of nitrogens with two attached hydrogens (primary N) is 1. The molecule has 0 unspecified atom stereocenters. The third-order valence-corrected chi connectivity index (χ3v) is 4.77. The number of halogens is 1. The summed E-state index contributed by atoms with van der Waals surface area (Å²) in [6.07, 6.45) is 0. The molecule has 0 bridgehead atoms. The molecule has 10 heteroatoms. The summed E-state index contributed by atoms with van der Waals surface area (Å²) in [6.45, 7) is 0.408. The van der Waals surface area contributed by atoms with Crippen LogP contribution in [-0.2, 0) is 4.79 Å². The van der Waals surface area contributed by atoms with E-state index in [0.29, 0.717) is 39.6 Å². The van der Waals surface area contributed by atoms with Gasteiger partial charge in [-0.15, -0.1) is 5.10 Å². The van der Waals surface area contributed by atoms with Gasteiger partial charge in [-0.3, -0.25) is 14.6 Å². The minimum atomic E-state index is -0.521. The second-order valence-corrected chi connectivity index (χ2v) is 7.42. The summed E-state index contributed by atoms with van der Waals surface area (Å²) in [5, 5.41) is 9.75. The molecule has 150 valence electrons. The molecule has 2 amide bonds. The number of benzene rings is 2. The van der Waals surface area contributed by atoms with Gasteiger partial charge in [0.2, 0.25) is 22.9 Å². The minimum Gasteiger partial charge on any atom is -0.441 e. The van der Waals surface area contributed by atoms with Gasteiger partial charge in [0.05, 0.1) is 5.75 Å². The van der Waals surface area contributed by atoms with E-state index in [9.17, 15) is 9.59 Å². The van der Waals surface area contributed by atoms with E-state index in [0.717, 1.165) is 0 Å². The standard InChI is InChI=1S/C19H18ClN5O3S/c1-25-10-17(28-15-8-4-13(20)5-9-15)23-19(24-25)29-11-16(26)22-14-6-2-12(3-7-14)18(21)27/h2-9H,10-11H2,1H3,(H2,21,27)(H,22,26). The highest BCUT2D eigenvalue weighted by Crippen LogP contribution is 2.18. The molecule has 29 heavy (non-hydrogen) atoms. The second-order valence-electron chi connectivity index (χ2n) is 6.04. The van der Waals surface area contributed by atoms with Crippen LogP contribution in [0.15, 0.2) is 58.6 Å².